The first-order valence-electron chi connectivity index (χ1n) is 8.91. The number of pyridine rings is 1. The lowest BCUT2D eigenvalue weighted by Gasteiger charge is -2.25. The van der Waals surface area contributed by atoms with Crippen LogP contribution in [0.5, 0.6) is 0 Å². The van der Waals surface area contributed by atoms with Crippen LogP contribution in [0.1, 0.15) is 40.9 Å². The van der Waals surface area contributed by atoms with Crippen LogP contribution < -0.4 is 0 Å². The number of hydrogen-bond donors (Lipinski definition) is 1. The number of ether oxygens (including phenoxy) is 1. The van der Waals surface area contributed by atoms with E-state index in [9.17, 15) is 4.79 Å². The van der Waals surface area contributed by atoms with Gasteiger partial charge in [-0.05, 0) is 68.5 Å². The number of nitrogens with zero attached hydrogens (tertiary/aromatic N) is 3. The molecule has 1 aromatic carbocycles. The summed E-state index contributed by atoms with van der Waals surface area (Å²) >= 11 is 0. The van der Waals surface area contributed by atoms with Crippen LogP contribution in [0, 0.1) is 6.92 Å². The maximum atomic E-state index is 11.0. The smallest absolute Gasteiger partial charge is 0.335 e. The molecule has 0 bridgehead atoms. The summed E-state index contributed by atoms with van der Waals surface area (Å²) in [5, 5.41) is 14.6. The Bertz CT molecular complexity index is 943. The molecule has 26 heavy (non-hydrogen) atoms. The molecule has 4 rings (SSSR count). The molecule has 1 saturated carbocycles. The lowest BCUT2D eigenvalue weighted by atomic mass is 9.96. The van der Waals surface area contributed by atoms with E-state index in [-0.39, 0.29) is 5.56 Å². The van der Waals surface area contributed by atoms with Crippen molar-refractivity contribution in [3.05, 3.63) is 53.3 Å². The van der Waals surface area contributed by atoms with Gasteiger partial charge in [-0.2, -0.15) is 5.10 Å². The summed E-state index contributed by atoms with van der Waals surface area (Å²) in [5.41, 5.74) is 3.86. The van der Waals surface area contributed by atoms with Gasteiger partial charge in [0.15, 0.2) is 5.65 Å². The van der Waals surface area contributed by atoms with Crippen LogP contribution in [0.15, 0.2) is 36.5 Å². The first-order chi connectivity index (χ1) is 12.6. The van der Waals surface area contributed by atoms with E-state index in [1.54, 1.807) is 28.9 Å². The van der Waals surface area contributed by atoms with Crippen LogP contribution in [0.25, 0.3) is 16.7 Å². The van der Waals surface area contributed by atoms with Gasteiger partial charge in [0, 0.05) is 11.6 Å². The van der Waals surface area contributed by atoms with Crippen molar-refractivity contribution in [3.8, 4) is 5.69 Å². The van der Waals surface area contributed by atoms with Crippen molar-refractivity contribution < 1.29 is 14.6 Å². The largest absolute Gasteiger partial charge is 0.478 e. The third-order valence-electron chi connectivity index (χ3n) is 4.92. The molecule has 1 N–H and O–H groups in total. The minimum atomic E-state index is -0.940. The monoisotopic (exact) mass is 351 g/mol. The third kappa shape index (κ3) is 3.20. The summed E-state index contributed by atoms with van der Waals surface area (Å²) in [6, 6.07) is 8.77. The third-order valence-corrected chi connectivity index (χ3v) is 4.92. The number of carboxylic acid groups (broad SMARTS) is 1. The number of fused-ring (bicyclic) bond motifs is 1. The van der Waals surface area contributed by atoms with Crippen molar-refractivity contribution in [3.63, 3.8) is 0 Å². The average Bonchev–Trinajstić information content (AvgIpc) is 2.94. The number of aromatic nitrogens is 3. The van der Waals surface area contributed by atoms with E-state index in [0.29, 0.717) is 6.10 Å². The fourth-order valence-electron chi connectivity index (χ4n) is 3.13. The van der Waals surface area contributed by atoms with Crippen LogP contribution in [0.3, 0.4) is 0 Å². The van der Waals surface area contributed by atoms with E-state index in [4.69, 9.17) is 9.84 Å². The Morgan fingerprint density at radius 1 is 1.31 bits per heavy atom. The Balaban J connectivity index is 1.57. The molecule has 6 nitrogen and oxygen atoms in total. The number of benzene rings is 1. The average molecular weight is 351 g/mol. The van der Waals surface area contributed by atoms with E-state index in [1.807, 2.05) is 13.1 Å². The van der Waals surface area contributed by atoms with E-state index >= 15 is 0 Å². The Labute approximate surface area is 151 Å². The van der Waals surface area contributed by atoms with Gasteiger partial charge in [-0.15, -0.1) is 0 Å². The van der Waals surface area contributed by atoms with E-state index in [0.717, 1.165) is 41.0 Å². The zero-order valence-corrected chi connectivity index (χ0v) is 14.7. The quantitative estimate of drug-likeness (QED) is 0.735. The molecule has 2 aromatic heterocycles. The second kappa shape index (κ2) is 6.88. The van der Waals surface area contributed by atoms with Gasteiger partial charge in [0.2, 0.25) is 0 Å². The van der Waals surface area contributed by atoms with Crippen LogP contribution >= 0.6 is 0 Å². The summed E-state index contributed by atoms with van der Waals surface area (Å²) in [5.74, 6) is -0.940. The molecular weight excluding hydrogens is 330 g/mol. The molecule has 0 unspecified atom stereocenters. The summed E-state index contributed by atoms with van der Waals surface area (Å²) in [6.45, 7) is 2.68. The number of hydrogen-bond acceptors (Lipinski definition) is 4. The fourth-order valence-corrected chi connectivity index (χ4v) is 3.13. The first kappa shape index (κ1) is 16.7. The highest BCUT2D eigenvalue weighted by atomic mass is 16.5. The number of aromatic carboxylic acids is 1. The molecule has 1 fully saturated rings. The Morgan fingerprint density at radius 2 is 2.08 bits per heavy atom. The summed E-state index contributed by atoms with van der Waals surface area (Å²) < 4.78 is 7.59. The van der Waals surface area contributed by atoms with Crippen molar-refractivity contribution >= 4 is 17.0 Å². The van der Waals surface area contributed by atoms with Gasteiger partial charge in [0.1, 0.15) is 0 Å². The van der Waals surface area contributed by atoms with Gasteiger partial charge in [0.05, 0.1) is 29.7 Å². The molecule has 1 aliphatic rings. The summed E-state index contributed by atoms with van der Waals surface area (Å²) in [4.78, 5) is 15.6. The highest BCUT2D eigenvalue weighted by Gasteiger charge is 2.17. The zero-order valence-electron chi connectivity index (χ0n) is 14.7. The van der Waals surface area contributed by atoms with Gasteiger partial charge >= 0.3 is 5.97 Å². The van der Waals surface area contributed by atoms with Crippen molar-refractivity contribution in [1.29, 1.82) is 0 Å². The van der Waals surface area contributed by atoms with Crippen molar-refractivity contribution in [2.24, 2.45) is 0 Å². The first-order valence-corrected chi connectivity index (χ1v) is 8.91. The van der Waals surface area contributed by atoms with Crippen molar-refractivity contribution in [2.45, 2.75) is 38.7 Å². The number of carboxylic acids is 1. The van der Waals surface area contributed by atoms with Crippen LogP contribution in [0.2, 0.25) is 0 Å². The van der Waals surface area contributed by atoms with Gasteiger partial charge in [-0.25, -0.2) is 14.5 Å². The maximum Gasteiger partial charge on any atom is 0.335 e. The van der Waals surface area contributed by atoms with Gasteiger partial charge in [0.25, 0.3) is 0 Å². The van der Waals surface area contributed by atoms with Crippen molar-refractivity contribution in [2.75, 3.05) is 6.61 Å². The van der Waals surface area contributed by atoms with Crippen LogP contribution in [-0.2, 0) is 11.2 Å². The molecule has 1 aliphatic carbocycles. The molecule has 2 heterocycles. The minimum Gasteiger partial charge on any atom is -0.478 e. The molecule has 0 radical (unpaired) electrons. The van der Waals surface area contributed by atoms with E-state index in [1.165, 1.54) is 19.3 Å². The van der Waals surface area contributed by atoms with Gasteiger partial charge < -0.3 is 9.84 Å². The lowest BCUT2D eigenvalue weighted by molar-refractivity contribution is 0.00412. The molecule has 0 spiro atoms. The Kier molecular flexibility index (Phi) is 4.42. The van der Waals surface area contributed by atoms with Crippen molar-refractivity contribution in [1.82, 2.24) is 14.8 Å². The normalized spacial score (nSPS) is 14.5. The number of aryl methyl sites for hydroxylation is 1. The summed E-state index contributed by atoms with van der Waals surface area (Å²) in [6.07, 6.45) is 6.81. The second-order valence-electron chi connectivity index (χ2n) is 6.74. The standard InChI is InChI=1S/C20H21N3O3/c1-13-18-11-14(9-10-26-17-3-2-4-17)12-21-19(18)23(22-13)16-7-5-15(6-8-16)20(24)25/h5-8,11-12,17H,2-4,9-10H2,1H3,(H,24,25). The Morgan fingerprint density at radius 3 is 2.73 bits per heavy atom. The van der Waals surface area contributed by atoms with Gasteiger partial charge in [-0.1, -0.05) is 0 Å². The molecule has 0 saturated heterocycles. The molecule has 134 valence electrons. The molecule has 3 aromatic rings. The molecule has 0 atom stereocenters. The maximum absolute atomic E-state index is 11.0. The molecule has 0 amide bonds. The number of rotatable bonds is 6. The topological polar surface area (TPSA) is 77.2 Å². The van der Waals surface area contributed by atoms with Crippen LogP contribution in [0.4, 0.5) is 0 Å². The molecule has 6 heteroatoms. The SMILES string of the molecule is Cc1nn(-c2ccc(C(=O)O)cc2)c2ncc(CCOC3CCC3)cc12. The molecular formula is C20H21N3O3. The predicted molar refractivity (Wildman–Crippen MR) is 97.9 cm³/mol. The highest BCUT2D eigenvalue weighted by molar-refractivity contribution is 5.88. The highest BCUT2D eigenvalue weighted by Crippen LogP contribution is 2.23. The number of carbonyl (C=O) groups is 1. The van der Waals surface area contributed by atoms with Gasteiger partial charge in [-0.3, -0.25) is 0 Å². The Hall–Kier alpha value is -2.73. The van der Waals surface area contributed by atoms with Crippen LogP contribution in [-0.4, -0.2) is 38.6 Å². The predicted octanol–water partition coefficient (Wildman–Crippen LogP) is 3.54. The zero-order chi connectivity index (χ0) is 18.1. The lowest BCUT2D eigenvalue weighted by Crippen LogP contribution is -2.22. The fraction of sp³-hybridized carbons (Fsp3) is 0.350. The van der Waals surface area contributed by atoms with E-state index < -0.39 is 5.97 Å². The summed E-state index contributed by atoms with van der Waals surface area (Å²) in [7, 11) is 0. The molecule has 0 aliphatic heterocycles. The van der Waals surface area contributed by atoms with E-state index in [2.05, 4.69) is 16.1 Å². The minimum absolute atomic E-state index is 0.253. The second-order valence-corrected chi connectivity index (χ2v) is 6.74.